The number of halogens is 2. The molecule has 116 valence electrons. The summed E-state index contributed by atoms with van der Waals surface area (Å²) < 4.78 is 18.9. The minimum Gasteiger partial charge on any atom is -0.353 e. The van der Waals surface area contributed by atoms with Crippen molar-refractivity contribution in [1.29, 1.82) is 0 Å². The van der Waals surface area contributed by atoms with Crippen LogP contribution in [0.3, 0.4) is 0 Å². The van der Waals surface area contributed by atoms with Gasteiger partial charge in [-0.1, -0.05) is 22.8 Å². The molecule has 1 saturated heterocycles. The monoisotopic (exact) mass is 323 g/mol. The molecule has 0 aliphatic carbocycles. The first-order valence-corrected chi connectivity index (χ1v) is 7.53. The SMILES string of the molecule is O=C1CCCC(Cc2nc(Cc3c(F)cccc3Cl)no2)N1. The van der Waals surface area contributed by atoms with Gasteiger partial charge in [0.2, 0.25) is 11.8 Å². The summed E-state index contributed by atoms with van der Waals surface area (Å²) in [6.07, 6.45) is 2.98. The minimum atomic E-state index is -0.390. The summed E-state index contributed by atoms with van der Waals surface area (Å²) in [5.41, 5.74) is 0.350. The van der Waals surface area contributed by atoms with Crippen molar-refractivity contribution in [3.05, 3.63) is 46.3 Å². The predicted molar refractivity (Wildman–Crippen MR) is 78.0 cm³/mol. The summed E-state index contributed by atoms with van der Waals surface area (Å²) in [4.78, 5) is 15.6. The van der Waals surface area contributed by atoms with Gasteiger partial charge >= 0.3 is 0 Å². The van der Waals surface area contributed by atoms with Crippen molar-refractivity contribution in [2.75, 3.05) is 0 Å². The van der Waals surface area contributed by atoms with E-state index < -0.39 is 5.82 Å². The molecule has 1 aromatic carbocycles. The molecule has 1 atom stereocenters. The maximum absolute atomic E-state index is 13.7. The van der Waals surface area contributed by atoms with E-state index in [2.05, 4.69) is 15.5 Å². The van der Waals surface area contributed by atoms with E-state index in [1.54, 1.807) is 12.1 Å². The minimum absolute atomic E-state index is 0.0200. The van der Waals surface area contributed by atoms with E-state index in [-0.39, 0.29) is 18.4 Å². The smallest absolute Gasteiger partial charge is 0.228 e. The lowest BCUT2D eigenvalue weighted by molar-refractivity contribution is -0.123. The Morgan fingerprint density at radius 2 is 2.32 bits per heavy atom. The van der Waals surface area contributed by atoms with Crippen LogP contribution in [0.5, 0.6) is 0 Å². The van der Waals surface area contributed by atoms with Crippen LogP contribution in [0, 0.1) is 5.82 Å². The van der Waals surface area contributed by atoms with E-state index in [0.29, 0.717) is 35.1 Å². The molecule has 1 N–H and O–H groups in total. The highest BCUT2D eigenvalue weighted by Crippen LogP contribution is 2.21. The highest BCUT2D eigenvalue weighted by Gasteiger charge is 2.21. The highest BCUT2D eigenvalue weighted by molar-refractivity contribution is 6.31. The molecule has 1 amide bonds. The van der Waals surface area contributed by atoms with E-state index in [1.165, 1.54) is 6.07 Å². The van der Waals surface area contributed by atoms with E-state index in [0.717, 1.165) is 12.8 Å². The van der Waals surface area contributed by atoms with Crippen LogP contribution in [-0.4, -0.2) is 22.1 Å². The van der Waals surface area contributed by atoms with Gasteiger partial charge in [-0.15, -0.1) is 0 Å². The molecule has 1 aliphatic heterocycles. The van der Waals surface area contributed by atoms with Gasteiger partial charge in [0.25, 0.3) is 0 Å². The lowest BCUT2D eigenvalue weighted by Gasteiger charge is -2.21. The standard InChI is InChI=1S/C15H15ClFN3O2/c16-11-4-2-5-12(17)10(11)8-13-19-15(22-20-13)7-9-3-1-6-14(21)18-9/h2,4-5,9H,1,3,6-8H2,(H,18,21). The van der Waals surface area contributed by atoms with Gasteiger partial charge in [-0.05, 0) is 25.0 Å². The fourth-order valence-corrected chi connectivity index (χ4v) is 2.78. The highest BCUT2D eigenvalue weighted by atomic mass is 35.5. The Kier molecular flexibility index (Phi) is 4.38. The lowest BCUT2D eigenvalue weighted by Crippen LogP contribution is -2.40. The first kappa shape index (κ1) is 15.0. The molecular weight excluding hydrogens is 309 g/mol. The summed E-state index contributed by atoms with van der Waals surface area (Å²) in [7, 11) is 0. The molecule has 1 fully saturated rings. The molecule has 0 saturated carbocycles. The van der Waals surface area contributed by atoms with Crippen molar-refractivity contribution in [1.82, 2.24) is 15.5 Å². The molecule has 0 spiro atoms. The topological polar surface area (TPSA) is 68.0 Å². The zero-order valence-corrected chi connectivity index (χ0v) is 12.6. The number of amides is 1. The molecule has 1 aromatic heterocycles. The van der Waals surface area contributed by atoms with Crippen molar-refractivity contribution in [3.63, 3.8) is 0 Å². The molecule has 7 heteroatoms. The Morgan fingerprint density at radius 1 is 1.45 bits per heavy atom. The number of hydrogen-bond acceptors (Lipinski definition) is 4. The van der Waals surface area contributed by atoms with Crippen LogP contribution in [0.1, 0.15) is 36.5 Å². The zero-order chi connectivity index (χ0) is 15.5. The van der Waals surface area contributed by atoms with Gasteiger partial charge in [-0.25, -0.2) is 4.39 Å². The second-order valence-corrected chi connectivity index (χ2v) is 5.75. The number of nitrogens with one attached hydrogen (secondary N) is 1. The summed E-state index contributed by atoms with van der Waals surface area (Å²) in [5, 5.41) is 7.09. The Balaban J connectivity index is 1.67. The number of rotatable bonds is 4. The number of hydrogen-bond donors (Lipinski definition) is 1. The fraction of sp³-hybridized carbons (Fsp3) is 0.400. The number of piperidine rings is 1. The summed E-state index contributed by atoms with van der Waals surface area (Å²) in [6.45, 7) is 0. The Bertz CT molecular complexity index is 669. The van der Waals surface area contributed by atoms with Crippen LogP contribution in [0.25, 0.3) is 0 Å². The van der Waals surface area contributed by atoms with Gasteiger partial charge in [0.1, 0.15) is 5.82 Å². The summed E-state index contributed by atoms with van der Waals surface area (Å²) in [6, 6.07) is 4.54. The van der Waals surface area contributed by atoms with E-state index in [4.69, 9.17) is 16.1 Å². The van der Waals surface area contributed by atoms with Gasteiger partial charge in [0.05, 0.1) is 0 Å². The molecule has 1 unspecified atom stereocenters. The molecule has 0 bridgehead atoms. The molecule has 0 radical (unpaired) electrons. The summed E-state index contributed by atoms with van der Waals surface area (Å²) in [5.74, 6) is 0.478. The molecule has 22 heavy (non-hydrogen) atoms. The van der Waals surface area contributed by atoms with E-state index in [9.17, 15) is 9.18 Å². The van der Waals surface area contributed by atoms with Crippen molar-refractivity contribution >= 4 is 17.5 Å². The first-order chi connectivity index (χ1) is 10.6. The second kappa shape index (κ2) is 6.44. The molecule has 3 rings (SSSR count). The van der Waals surface area contributed by atoms with Gasteiger partial charge in [-0.3, -0.25) is 4.79 Å². The third kappa shape index (κ3) is 3.44. The van der Waals surface area contributed by atoms with Crippen molar-refractivity contribution < 1.29 is 13.7 Å². The van der Waals surface area contributed by atoms with Gasteiger partial charge in [0, 0.05) is 35.9 Å². The number of nitrogens with zero attached hydrogens (tertiary/aromatic N) is 2. The molecule has 2 heterocycles. The number of aromatic nitrogens is 2. The van der Waals surface area contributed by atoms with Crippen LogP contribution in [0.2, 0.25) is 5.02 Å². The number of benzene rings is 1. The quantitative estimate of drug-likeness (QED) is 0.939. The maximum Gasteiger partial charge on any atom is 0.228 e. The Hall–Kier alpha value is -1.95. The van der Waals surface area contributed by atoms with Crippen LogP contribution < -0.4 is 5.32 Å². The molecule has 5 nitrogen and oxygen atoms in total. The average Bonchev–Trinajstić information content (AvgIpc) is 2.90. The molecule has 2 aromatic rings. The number of carbonyl (C=O) groups excluding carboxylic acids is 1. The summed E-state index contributed by atoms with van der Waals surface area (Å²) >= 11 is 5.98. The Labute approximate surface area is 131 Å². The lowest BCUT2D eigenvalue weighted by atomic mass is 10.0. The zero-order valence-electron chi connectivity index (χ0n) is 11.8. The van der Waals surface area contributed by atoms with Crippen LogP contribution in [0.4, 0.5) is 4.39 Å². The third-order valence-corrected chi connectivity index (χ3v) is 4.00. The van der Waals surface area contributed by atoms with Gasteiger partial charge in [-0.2, -0.15) is 4.98 Å². The first-order valence-electron chi connectivity index (χ1n) is 7.15. The number of carbonyl (C=O) groups is 1. The Morgan fingerprint density at radius 3 is 3.09 bits per heavy atom. The van der Waals surface area contributed by atoms with E-state index >= 15 is 0 Å². The maximum atomic E-state index is 13.7. The van der Waals surface area contributed by atoms with Crippen molar-refractivity contribution in [2.24, 2.45) is 0 Å². The van der Waals surface area contributed by atoms with Gasteiger partial charge < -0.3 is 9.84 Å². The fourth-order valence-electron chi connectivity index (χ4n) is 2.55. The van der Waals surface area contributed by atoms with Crippen molar-refractivity contribution in [2.45, 2.75) is 38.1 Å². The predicted octanol–water partition coefficient (Wildman–Crippen LogP) is 2.66. The van der Waals surface area contributed by atoms with Crippen LogP contribution in [0.15, 0.2) is 22.7 Å². The normalized spacial score (nSPS) is 18.3. The largest absolute Gasteiger partial charge is 0.353 e. The van der Waals surface area contributed by atoms with Crippen LogP contribution in [-0.2, 0) is 17.6 Å². The van der Waals surface area contributed by atoms with Crippen molar-refractivity contribution in [3.8, 4) is 0 Å². The molecule has 1 aliphatic rings. The molecular formula is C15H15ClFN3O2. The second-order valence-electron chi connectivity index (χ2n) is 5.34. The van der Waals surface area contributed by atoms with Crippen LogP contribution >= 0.6 is 11.6 Å². The average molecular weight is 324 g/mol. The van der Waals surface area contributed by atoms with Gasteiger partial charge in [0.15, 0.2) is 5.82 Å². The van der Waals surface area contributed by atoms with E-state index in [1.807, 2.05) is 0 Å². The third-order valence-electron chi connectivity index (χ3n) is 3.65.